The van der Waals surface area contributed by atoms with E-state index >= 15 is 0 Å². The number of allylic oxidation sites excluding steroid dienone is 3. The fraction of sp³-hybridized carbons (Fsp3) is 0.444. The zero-order valence-corrected chi connectivity index (χ0v) is 6.79. The van der Waals surface area contributed by atoms with E-state index in [1.54, 1.807) is 7.11 Å². The normalized spacial score (nSPS) is 29.0. The molecule has 0 amide bonds. The first kappa shape index (κ1) is 7.87. The van der Waals surface area contributed by atoms with Crippen molar-refractivity contribution in [2.75, 3.05) is 7.11 Å². The van der Waals surface area contributed by atoms with Crippen molar-refractivity contribution in [3.05, 3.63) is 24.0 Å². The van der Waals surface area contributed by atoms with Crippen molar-refractivity contribution in [2.45, 2.75) is 13.3 Å². The van der Waals surface area contributed by atoms with Crippen molar-refractivity contribution in [1.82, 2.24) is 0 Å². The molecular formula is C9H11NO. The summed E-state index contributed by atoms with van der Waals surface area (Å²) < 4.78 is 4.99. The summed E-state index contributed by atoms with van der Waals surface area (Å²) in [6, 6.07) is 2.24. The summed E-state index contributed by atoms with van der Waals surface area (Å²) in [7, 11) is 1.63. The molecule has 2 nitrogen and oxygen atoms in total. The van der Waals surface area contributed by atoms with Gasteiger partial charge in [-0.15, -0.1) is 0 Å². The molecule has 11 heavy (non-hydrogen) atoms. The van der Waals surface area contributed by atoms with Crippen LogP contribution in [0.4, 0.5) is 0 Å². The molecule has 2 heteroatoms. The number of hydrogen-bond acceptors (Lipinski definition) is 2. The van der Waals surface area contributed by atoms with Gasteiger partial charge < -0.3 is 4.74 Å². The highest BCUT2D eigenvalue weighted by Gasteiger charge is 2.21. The second-order valence-electron chi connectivity index (χ2n) is 2.88. The van der Waals surface area contributed by atoms with E-state index in [2.05, 4.69) is 6.07 Å². The van der Waals surface area contributed by atoms with E-state index in [1.807, 2.05) is 25.2 Å². The Labute approximate surface area is 66.8 Å². The third kappa shape index (κ3) is 1.62. The predicted octanol–water partition coefficient (Wildman–Crippen LogP) is 2.01. The molecule has 0 N–H and O–H groups in total. The predicted molar refractivity (Wildman–Crippen MR) is 42.6 cm³/mol. The van der Waals surface area contributed by atoms with Crippen LogP contribution in [-0.2, 0) is 4.74 Å². The monoisotopic (exact) mass is 149 g/mol. The molecule has 0 aromatic rings. The van der Waals surface area contributed by atoms with Crippen molar-refractivity contribution in [3.63, 3.8) is 0 Å². The Hall–Kier alpha value is -1.23. The van der Waals surface area contributed by atoms with Crippen LogP contribution in [0.1, 0.15) is 13.3 Å². The molecule has 58 valence electrons. The zero-order valence-electron chi connectivity index (χ0n) is 6.79. The number of nitriles is 1. The Morgan fingerprint density at radius 3 is 2.82 bits per heavy atom. The third-order valence-electron chi connectivity index (χ3n) is 1.83. The molecule has 0 saturated carbocycles. The molecule has 0 bridgehead atoms. The van der Waals surface area contributed by atoms with E-state index in [-0.39, 0.29) is 5.41 Å². The molecule has 1 atom stereocenters. The van der Waals surface area contributed by atoms with Crippen molar-refractivity contribution in [3.8, 4) is 6.07 Å². The zero-order chi connectivity index (χ0) is 8.32. The van der Waals surface area contributed by atoms with Crippen LogP contribution in [0.15, 0.2) is 24.0 Å². The lowest BCUT2D eigenvalue weighted by atomic mass is 9.85. The lowest BCUT2D eigenvalue weighted by Gasteiger charge is -2.18. The fourth-order valence-electron chi connectivity index (χ4n) is 0.949. The van der Waals surface area contributed by atoms with Crippen LogP contribution in [0.3, 0.4) is 0 Å². The van der Waals surface area contributed by atoms with Gasteiger partial charge in [-0.25, -0.2) is 0 Å². The van der Waals surface area contributed by atoms with Crippen molar-refractivity contribution in [2.24, 2.45) is 5.41 Å². The van der Waals surface area contributed by atoms with Gasteiger partial charge in [-0.05, 0) is 25.5 Å². The smallest absolute Gasteiger partial charge is 0.114 e. The molecular weight excluding hydrogens is 138 g/mol. The maximum absolute atomic E-state index is 8.74. The van der Waals surface area contributed by atoms with Gasteiger partial charge in [-0.1, -0.05) is 6.08 Å². The van der Waals surface area contributed by atoms with Gasteiger partial charge in [-0.2, -0.15) is 5.26 Å². The van der Waals surface area contributed by atoms with Gasteiger partial charge in [0.05, 0.1) is 18.6 Å². The standard InChI is InChI=1S/C9H11NO/c1-9(7-10)5-3-8(11-2)4-6-9/h3-5H,6H2,1-2H3. The van der Waals surface area contributed by atoms with E-state index in [0.717, 1.165) is 12.2 Å². The van der Waals surface area contributed by atoms with Crippen LogP contribution in [0.25, 0.3) is 0 Å². The van der Waals surface area contributed by atoms with Crippen LogP contribution in [0.2, 0.25) is 0 Å². The van der Waals surface area contributed by atoms with Crippen molar-refractivity contribution < 1.29 is 4.74 Å². The molecule has 0 aliphatic heterocycles. The number of methoxy groups -OCH3 is 1. The molecule has 1 rings (SSSR count). The highest BCUT2D eigenvalue weighted by molar-refractivity contribution is 5.26. The second kappa shape index (κ2) is 2.79. The van der Waals surface area contributed by atoms with E-state index in [1.165, 1.54) is 0 Å². The molecule has 0 saturated heterocycles. The van der Waals surface area contributed by atoms with Crippen LogP contribution in [0.5, 0.6) is 0 Å². The second-order valence-corrected chi connectivity index (χ2v) is 2.88. The molecule has 1 aliphatic carbocycles. The topological polar surface area (TPSA) is 33.0 Å². The molecule has 0 spiro atoms. The minimum atomic E-state index is -0.331. The summed E-state index contributed by atoms with van der Waals surface area (Å²) in [5, 5.41) is 8.74. The average Bonchev–Trinajstić information content (AvgIpc) is 2.06. The quantitative estimate of drug-likeness (QED) is 0.571. The first-order valence-electron chi connectivity index (χ1n) is 3.55. The minimum absolute atomic E-state index is 0.331. The van der Waals surface area contributed by atoms with Crippen LogP contribution in [0, 0.1) is 16.7 Å². The first-order chi connectivity index (χ1) is 5.20. The maximum atomic E-state index is 8.74. The lowest BCUT2D eigenvalue weighted by molar-refractivity contribution is 0.299. The Morgan fingerprint density at radius 2 is 2.45 bits per heavy atom. The van der Waals surface area contributed by atoms with Gasteiger partial charge in [0.1, 0.15) is 5.76 Å². The average molecular weight is 149 g/mol. The summed E-state index contributed by atoms with van der Waals surface area (Å²) >= 11 is 0. The largest absolute Gasteiger partial charge is 0.497 e. The maximum Gasteiger partial charge on any atom is 0.114 e. The van der Waals surface area contributed by atoms with E-state index in [4.69, 9.17) is 10.00 Å². The SMILES string of the molecule is COC1=CCC(C)(C#N)C=C1. The van der Waals surface area contributed by atoms with Crippen LogP contribution < -0.4 is 0 Å². The molecule has 0 radical (unpaired) electrons. The van der Waals surface area contributed by atoms with Crippen molar-refractivity contribution >= 4 is 0 Å². The molecule has 0 aromatic carbocycles. The Bertz CT molecular complexity index is 247. The van der Waals surface area contributed by atoms with Crippen LogP contribution >= 0.6 is 0 Å². The minimum Gasteiger partial charge on any atom is -0.497 e. The summed E-state index contributed by atoms with van der Waals surface area (Å²) in [6.45, 7) is 1.91. The van der Waals surface area contributed by atoms with Gasteiger partial charge in [0.15, 0.2) is 0 Å². The highest BCUT2D eigenvalue weighted by atomic mass is 16.5. The van der Waals surface area contributed by atoms with E-state index < -0.39 is 0 Å². The van der Waals surface area contributed by atoms with Gasteiger partial charge >= 0.3 is 0 Å². The van der Waals surface area contributed by atoms with Crippen molar-refractivity contribution in [1.29, 1.82) is 5.26 Å². The summed E-state index contributed by atoms with van der Waals surface area (Å²) in [5.74, 6) is 0.845. The number of rotatable bonds is 1. The summed E-state index contributed by atoms with van der Waals surface area (Å²) in [4.78, 5) is 0. The summed E-state index contributed by atoms with van der Waals surface area (Å²) in [5.41, 5.74) is -0.331. The highest BCUT2D eigenvalue weighted by Crippen LogP contribution is 2.28. The van der Waals surface area contributed by atoms with Gasteiger partial charge in [-0.3, -0.25) is 0 Å². The lowest BCUT2D eigenvalue weighted by Crippen LogP contribution is -2.11. The van der Waals surface area contributed by atoms with Crippen LogP contribution in [-0.4, -0.2) is 7.11 Å². The fourth-order valence-corrected chi connectivity index (χ4v) is 0.949. The third-order valence-corrected chi connectivity index (χ3v) is 1.83. The Kier molecular flexibility index (Phi) is 2.00. The number of ether oxygens (including phenoxy) is 1. The Morgan fingerprint density at radius 1 is 1.73 bits per heavy atom. The summed E-state index contributed by atoms with van der Waals surface area (Å²) in [6.07, 6.45) is 6.39. The van der Waals surface area contributed by atoms with Gasteiger partial charge in [0.2, 0.25) is 0 Å². The molecule has 0 heterocycles. The van der Waals surface area contributed by atoms with Gasteiger partial charge in [0, 0.05) is 0 Å². The van der Waals surface area contributed by atoms with E-state index in [0.29, 0.717) is 0 Å². The van der Waals surface area contributed by atoms with Gasteiger partial charge in [0.25, 0.3) is 0 Å². The Balaban J connectivity index is 2.73. The number of nitrogens with zero attached hydrogens (tertiary/aromatic N) is 1. The molecule has 0 aromatic heterocycles. The van der Waals surface area contributed by atoms with E-state index in [9.17, 15) is 0 Å². The molecule has 1 aliphatic rings. The number of hydrogen-bond donors (Lipinski definition) is 0. The first-order valence-corrected chi connectivity index (χ1v) is 3.55. The molecule has 1 unspecified atom stereocenters. The molecule has 0 fully saturated rings.